The second-order valence-corrected chi connectivity index (χ2v) is 8.62. The number of benzene rings is 3. The van der Waals surface area contributed by atoms with Crippen molar-refractivity contribution in [2.24, 2.45) is 5.73 Å². The highest BCUT2D eigenvalue weighted by Crippen LogP contribution is 2.42. The minimum Gasteiger partial charge on any atom is -0.497 e. The minimum atomic E-state index is -0.289. The number of nitrogens with two attached hydrogens (primary N) is 1. The van der Waals surface area contributed by atoms with Gasteiger partial charge >= 0.3 is 0 Å². The van der Waals surface area contributed by atoms with Crippen molar-refractivity contribution in [1.29, 1.82) is 0 Å². The lowest BCUT2D eigenvalue weighted by Crippen LogP contribution is -2.27. The van der Waals surface area contributed by atoms with Crippen molar-refractivity contribution in [3.05, 3.63) is 91.5 Å². The van der Waals surface area contributed by atoms with Gasteiger partial charge in [0.1, 0.15) is 11.5 Å². The normalized spacial score (nSPS) is 12.4. The zero-order valence-corrected chi connectivity index (χ0v) is 21.1. The number of aryl methyl sites for hydroxylation is 3. The van der Waals surface area contributed by atoms with Gasteiger partial charge in [-0.1, -0.05) is 30.3 Å². The van der Waals surface area contributed by atoms with Crippen LogP contribution >= 0.6 is 22.6 Å². The van der Waals surface area contributed by atoms with Crippen LogP contribution in [0.2, 0.25) is 0 Å². The molecule has 30 heavy (non-hydrogen) atoms. The molecule has 0 aliphatic heterocycles. The second-order valence-electron chi connectivity index (χ2n) is 7.45. The Morgan fingerprint density at radius 3 is 1.83 bits per heavy atom. The third kappa shape index (κ3) is 4.65. The number of hydrogen-bond donors (Lipinski definition) is 1. The summed E-state index contributed by atoms with van der Waals surface area (Å²) in [5, 5.41) is 0. The first-order chi connectivity index (χ1) is 14.3. The van der Waals surface area contributed by atoms with Crippen molar-refractivity contribution in [2.45, 2.75) is 33.1 Å². The van der Waals surface area contributed by atoms with Crippen molar-refractivity contribution in [2.75, 3.05) is 21.3 Å². The summed E-state index contributed by atoms with van der Waals surface area (Å²) in [6.45, 7) is 8.74. The predicted octanol–water partition coefficient (Wildman–Crippen LogP) is 6.16. The largest absolute Gasteiger partial charge is 0.497 e. The molecule has 0 aliphatic carbocycles. The molecule has 2 N–H and O–H groups in total. The maximum absolute atomic E-state index is 5.50. The average molecular weight is 517 g/mol. The van der Waals surface area contributed by atoms with Crippen molar-refractivity contribution in [1.82, 2.24) is 0 Å². The molecule has 3 aromatic rings. The summed E-state index contributed by atoms with van der Waals surface area (Å²) in [7, 11) is 4.93. The molecule has 0 heterocycles. The molecule has 0 aliphatic rings. The van der Waals surface area contributed by atoms with E-state index in [0.717, 1.165) is 17.1 Å². The monoisotopic (exact) mass is 517 g/mol. The molecule has 4 heteroatoms. The SMILES string of the molecule is CN.COc1ccc(C(C)(c2ccc(I)c(C)c2)c2ccc(OC)c(C)c2)c(C)c1. The van der Waals surface area contributed by atoms with Crippen LogP contribution < -0.4 is 15.2 Å². The van der Waals surface area contributed by atoms with Gasteiger partial charge in [-0.25, -0.2) is 0 Å². The molecule has 0 saturated heterocycles. The molecule has 0 spiro atoms. The number of halogens is 1. The fourth-order valence-electron chi connectivity index (χ4n) is 3.95. The van der Waals surface area contributed by atoms with Crippen molar-refractivity contribution >= 4 is 22.6 Å². The highest BCUT2D eigenvalue weighted by Gasteiger charge is 2.33. The third-order valence-corrected chi connectivity index (χ3v) is 6.89. The molecule has 3 aromatic carbocycles. The van der Waals surface area contributed by atoms with Crippen molar-refractivity contribution < 1.29 is 9.47 Å². The smallest absolute Gasteiger partial charge is 0.121 e. The Labute approximate surface area is 194 Å². The highest BCUT2D eigenvalue weighted by molar-refractivity contribution is 14.1. The Morgan fingerprint density at radius 1 is 0.733 bits per heavy atom. The second kappa shape index (κ2) is 10.3. The van der Waals surface area contributed by atoms with Crippen LogP contribution in [0, 0.1) is 24.3 Å². The summed E-state index contributed by atoms with van der Waals surface area (Å²) in [6.07, 6.45) is 0. The summed E-state index contributed by atoms with van der Waals surface area (Å²) in [5.74, 6) is 1.80. The van der Waals surface area contributed by atoms with Crippen LogP contribution in [-0.2, 0) is 5.41 Å². The van der Waals surface area contributed by atoms with Crippen molar-refractivity contribution in [3.63, 3.8) is 0 Å². The van der Waals surface area contributed by atoms with E-state index in [1.165, 1.54) is 38.4 Å². The number of methoxy groups -OCH3 is 2. The van der Waals surface area contributed by atoms with E-state index < -0.39 is 0 Å². The number of ether oxygens (including phenoxy) is 2. The molecule has 3 nitrogen and oxygen atoms in total. The summed E-state index contributed by atoms with van der Waals surface area (Å²) < 4.78 is 12.2. The topological polar surface area (TPSA) is 44.5 Å². The van der Waals surface area contributed by atoms with Gasteiger partial charge in [0.25, 0.3) is 0 Å². The Bertz CT molecular complexity index is 1020. The summed E-state index contributed by atoms with van der Waals surface area (Å²) >= 11 is 2.40. The summed E-state index contributed by atoms with van der Waals surface area (Å²) in [6, 6.07) is 19.6. The molecule has 0 radical (unpaired) electrons. The number of hydrogen-bond acceptors (Lipinski definition) is 3. The van der Waals surface area contributed by atoms with E-state index in [1.54, 1.807) is 14.2 Å². The van der Waals surface area contributed by atoms with Crippen LogP contribution in [0.3, 0.4) is 0 Å². The molecular weight excluding hydrogens is 485 g/mol. The van der Waals surface area contributed by atoms with Gasteiger partial charge in [-0.15, -0.1) is 0 Å². The lowest BCUT2D eigenvalue weighted by atomic mass is 9.69. The molecule has 0 saturated carbocycles. The van der Waals surface area contributed by atoms with Crippen LogP contribution in [0.25, 0.3) is 0 Å². The van der Waals surface area contributed by atoms with Crippen LogP contribution in [0.1, 0.15) is 40.3 Å². The first kappa shape index (κ1) is 24.2. The first-order valence-electron chi connectivity index (χ1n) is 9.96. The molecule has 0 aromatic heterocycles. The fraction of sp³-hybridized carbons (Fsp3) is 0.308. The number of rotatable bonds is 5. The zero-order chi connectivity index (χ0) is 22.5. The van der Waals surface area contributed by atoms with E-state index in [4.69, 9.17) is 9.47 Å². The van der Waals surface area contributed by atoms with Gasteiger partial charge in [0.2, 0.25) is 0 Å². The maximum Gasteiger partial charge on any atom is 0.121 e. The molecule has 0 bridgehead atoms. The molecule has 1 unspecified atom stereocenters. The Hall–Kier alpha value is -2.05. The quantitative estimate of drug-likeness (QED) is 0.326. The van der Waals surface area contributed by atoms with Gasteiger partial charge < -0.3 is 15.2 Å². The lowest BCUT2D eigenvalue weighted by molar-refractivity contribution is 0.411. The van der Waals surface area contributed by atoms with Gasteiger partial charge in [0.05, 0.1) is 14.2 Å². The van der Waals surface area contributed by atoms with E-state index in [1.807, 2.05) is 0 Å². The van der Waals surface area contributed by atoms with E-state index >= 15 is 0 Å². The van der Waals surface area contributed by atoms with Crippen molar-refractivity contribution in [3.8, 4) is 11.5 Å². The highest BCUT2D eigenvalue weighted by atomic mass is 127. The Kier molecular flexibility index (Phi) is 8.33. The van der Waals surface area contributed by atoms with Gasteiger partial charge in [0, 0.05) is 8.99 Å². The summed E-state index contributed by atoms with van der Waals surface area (Å²) in [4.78, 5) is 0. The van der Waals surface area contributed by atoms with E-state index in [0.29, 0.717) is 0 Å². The third-order valence-electron chi connectivity index (χ3n) is 5.68. The lowest BCUT2D eigenvalue weighted by Gasteiger charge is -2.34. The Balaban J connectivity index is 0.00000155. The molecule has 3 rings (SSSR count). The molecule has 1 atom stereocenters. The maximum atomic E-state index is 5.50. The fourth-order valence-corrected chi connectivity index (χ4v) is 4.28. The van der Waals surface area contributed by atoms with Gasteiger partial charge in [-0.3, -0.25) is 0 Å². The zero-order valence-electron chi connectivity index (χ0n) is 19.0. The van der Waals surface area contributed by atoms with E-state index in [-0.39, 0.29) is 5.41 Å². The summed E-state index contributed by atoms with van der Waals surface area (Å²) in [5.41, 5.74) is 11.7. The molecule has 0 amide bonds. The van der Waals surface area contributed by atoms with Crippen LogP contribution in [0.15, 0.2) is 54.6 Å². The Morgan fingerprint density at radius 2 is 1.33 bits per heavy atom. The van der Waals surface area contributed by atoms with E-state index in [9.17, 15) is 0 Å². The van der Waals surface area contributed by atoms with Gasteiger partial charge in [0.15, 0.2) is 0 Å². The van der Waals surface area contributed by atoms with Crippen LogP contribution in [0.4, 0.5) is 0 Å². The van der Waals surface area contributed by atoms with Crippen LogP contribution in [0.5, 0.6) is 11.5 Å². The first-order valence-corrected chi connectivity index (χ1v) is 11.0. The molecule has 0 fully saturated rings. The predicted molar refractivity (Wildman–Crippen MR) is 135 cm³/mol. The molecule has 160 valence electrons. The van der Waals surface area contributed by atoms with Gasteiger partial charge in [-0.05, 0) is 115 Å². The average Bonchev–Trinajstić information content (AvgIpc) is 2.76. The van der Waals surface area contributed by atoms with Crippen LogP contribution in [-0.4, -0.2) is 21.3 Å². The molecular formula is C26H32INO2. The van der Waals surface area contributed by atoms with E-state index in [2.05, 4.69) is 111 Å². The van der Waals surface area contributed by atoms with Gasteiger partial charge in [-0.2, -0.15) is 0 Å². The standard InChI is InChI=1S/C25H27IO2.CH5N/c1-16-15-21(27-5)9-10-22(16)25(4,19-7-11-23(26)17(2)13-19)20-8-12-24(28-6)18(3)14-20;1-2/h7-15H,1-6H3;2H2,1H3. The minimum absolute atomic E-state index is 0.289.